The first kappa shape index (κ1) is 19.8. The molecule has 9 heteroatoms. The molecule has 2 N–H and O–H groups in total. The summed E-state index contributed by atoms with van der Waals surface area (Å²) in [5.41, 5.74) is 3.36. The van der Waals surface area contributed by atoms with Gasteiger partial charge in [0.2, 0.25) is 11.8 Å². The molecule has 0 aliphatic rings. The van der Waals surface area contributed by atoms with E-state index < -0.39 is 4.92 Å². The van der Waals surface area contributed by atoms with Crippen LogP contribution in [0.5, 0.6) is 0 Å². The number of nitrogens with one attached hydrogen (secondary N) is 2. The van der Waals surface area contributed by atoms with Crippen LogP contribution in [0, 0.1) is 15.9 Å². The number of hydrogen-bond acceptors (Lipinski definition) is 6. The highest BCUT2D eigenvalue weighted by Gasteiger charge is 2.13. The average molecular weight is 374 g/mol. The molecule has 2 rings (SSSR count). The first-order valence-electron chi connectivity index (χ1n) is 8.19. The Hall–Kier alpha value is -3.49. The second kappa shape index (κ2) is 9.85. The van der Waals surface area contributed by atoms with Crippen LogP contribution in [0.1, 0.15) is 18.9 Å². The normalized spacial score (nSPS) is 11.0. The van der Waals surface area contributed by atoms with Gasteiger partial charge in [0.05, 0.1) is 11.5 Å². The van der Waals surface area contributed by atoms with Crippen LogP contribution in [-0.4, -0.2) is 23.3 Å². The molecular formula is C18H19FN4O4. The number of hydrazone groups is 1. The van der Waals surface area contributed by atoms with Crippen LogP contribution in [0.2, 0.25) is 0 Å². The van der Waals surface area contributed by atoms with Crippen molar-refractivity contribution < 1.29 is 18.8 Å². The SMILES string of the molecule is CCO/C(CC(=O)NCc1ccc(F)cc1)=N\Nc1ccccc1[N+](=O)[O-]. The number of nitro benzene ring substituents is 1. The van der Waals surface area contributed by atoms with Gasteiger partial charge in [-0.25, -0.2) is 4.39 Å². The number of carbonyl (C=O) groups excluding carboxylic acids is 1. The third kappa shape index (κ3) is 6.38. The van der Waals surface area contributed by atoms with E-state index in [4.69, 9.17) is 4.74 Å². The molecule has 0 saturated heterocycles. The van der Waals surface area contributed by atoms with Crippen LogP contribution in [-0.2, 0) is 16.1 Å². The van der Waals surface area contributed by atoms with Crippen molar-refractivity contribution in [2.45, 2.75) is 19.9 Å². The molecule has 0 spiro atoms. The molecule has 142 valence electrons. The smallest absolute Gasteiger partial charge is 0.294 e. The Bertz CT molecular complexity index is 824. The summed E-state index contributed by atoms with van der Waals surface area (Å²) in [6, 6.07) is 11.8. The van der Waals surface area contributed by atoms with E-state index in [0.29, 0.717) is 0 Å². The van der Waals surface area contributed by atoms with Gasteiger partial charge in [-0.3, -0.25) is 20.3 Å². The number of nitro groups is 1. The lowest BCUT2D eigenvalue weighted by molar-refractivity contribution is -0.384. The van der Waals surface area contributed by atoms with E-state index in [-0.39, 0.29) is 48.6 Å². The molecule has 0 heterocycles. The van der Waals surface area contributed by atoms with Gasteiger partial charge >= 0.3 is 0 Å². The number of anilines is 1. The maximum absolute atomic E-state index is 12.9. The van der Waals surface area contributed by atoms with Gasteiger partial charge in [-0.05, 0) is 30.7 Å². The van der Waals surface area contributed by atoms with Crippen LogP contribution < -0.4 is 10.7 Å². The molecule has 2 aromatic rings. The molecular weight excluding hydrogens is 355 g/mol. The number of para-hydroxylation sites is 2. The van der Waals surface area contributed by atoms with Gasteiger partial charge in [0.1, 0.15) is 17.9 Å². The number of nitrogens with zero attached hydrogens (tertiary/aromatic N) is 2. The summed E-state index contributed by atoms with van der Waals surface area (Å²) >= 11 is 0. The van der Waals surface area contributed by atoms with E-state index in [9.17, 15) is 19.3 Å². The van der Waals surface area contributed by atoms with Crippen LogP contribution in [0.15, 0.2) is 53.6 Å². The number of ether oxygens (including phenoxy) is 1. The van der Waals surface area contributed by atoms with Crippen molar-refractivity contribution in [3.63, 3.8) is 0 Å². The van der Waals surface area contributed by atoms with Gasteiger partial charge in [0.15, 0.2) is 0 Å². The molecule has 8 nitrogen and oxygen atoms in total. The summed E-state index contributed by atoms with van der Waals surface area (Å²) in [6.07, 6.45) is -0.150. The second-order valence-electron chi connectivity index (χ2n) is 5.40. The molecule has 0 radical (unpaired) electrons. The van der Waals surface area contributed by atoms with Crippen LogP contribution >= 0.6 is 0 Å². The Morgan fingerprint density at radius 2 is 1.93 bits per heavy atom. The van der Waals surface area contributed by atoms with Crippen LogP contribution in [0.3, 0.4) is 0 Å². The molecule has 0 aromatic heterocycles. The lowest BCUT2D eigenvalue weighted by Gasteiger charge is -2.09. The van der Waals surface area contributed by atoms with E-state index in [1.165, 1.54) is 24.3 Å². The average Bonchev–Trinajstić information content (AvgIpc) is 2.66. The van der Waals surface area contributed by atoms with Gasteiger partial charge in [0.25, 0.3) is 5.69 Å². The molecule has 0 aliphatic carbocycles. The number of amides is 1. The highest BCUT2D eigenvalue weighted by atomic mass is 19.1. The standard InChI is InChI=1S/C18H19FN4O4/c1-2-27-18(22-21-15-5-3-4-6-16(15)23(25)26)11-17(24)20-12-13-7-9-14(19)10-8-13/h3-10,21H,2,11-12H2,1H3,(H,20,24)/b22-18-. The van der Waals surface area contributed by atoms with E-state index >= 15 is 0 Å². The molecule has 0 unspecified atom stereocenters. The fraction of sp³-hybridized carbons (Fsp3) is 0.222. The lowest BCUT2D eigenvalue weighted by Crippen LogP contribution is -2.26. The lowest BCUT2D eigenvalue weighted by atomic mass is 10.2. The van der Waals surface area contributed by atoms with Crippen molar-refractivity contribution in [2.75, 3.05) is 12.0 Å². The van der Waals surface area contributed by atoms with Crippen molar-refractivity contribution in [1.29, 1.82) is 0 Å². The van der Waals surface area contributed by atoms with Crippen molar-refractivity contribution in [3.8, 4) is 0 Å². The first-order valence-corrected chi connectivity index (χ1v) is 8.19. The summed E-state index contributed by atoms with van der Waals surface area (Å²) in [4.78, 5) is 22.5. The fourth-order valence-electron chi connectivity index (χ4n) is 2.14. The minimum Gasteiger partial charge on any atom is -0.480 e. The maximum atomic E-state index is 12.9. The molecule has 0 fully saturated rings. The van der Waals surface area contributed by atoms with Gasteiger partial charge in [0, 0.05) is 12.6 Å². The van der Waals surface area contributed by atoms with Crippen molar-refractivity contribution in [3.05, 3.63) is 70.0 Å². The summed E-state index contributed by atoms with van der Waals surface area (Å²) in [6.45, 7) is 2.25. The Kier molecular flexibility index (Phi) is 7.24. The molecule has 27 heavy (non-hydrogen) atoms. The molecule has 2 aromatic carbocycles. The minimum atomic E-state index is -0.534. The van der Waals surface area contributed by atoms with Gasteiger partial charge in [-0.15, -0.1) is 5.10 Å². The molecule has 0 bridgehead atoms. The minimum absolute atomic E-state index is 0.0901. The zero-order valence-corrected chi connectivity index (χ0v) is 14.6. The third-order valence-corrected chi connectivity index (χ3v) is 3.43. The third-order valence-electron chi connectivity index (χ3n) is 3.43. The topological polar surface area (TPSA) is 106 Å². The van der Waals surface area contributed by atoms with Gasteiger partial charge in [-0.1, -0.05) is 24.3 Å². The monoisotopic (exact) mass is 374 g/mol. The predicted octanol–water partition coefficient (Wildman–Crippen LogP) is 3.20. The molecule has 1 amide bonds. The Morgan fingerprint density at radius 3 is 2.59 bits per heavy atom. The highest BCUT2D eigenvalue weighted by Crippen LogP contribution is 2.23. The number of benzene rings is 2. The zero-order valence-electron chi connectivity index (χ0n) is 14.6. The molecule has 0 saturated carbocycles. The largest absolute Gasteiger partial charge is 0.480 e. The van der Waals surface area contributed by atoms with E-state index in [1.807, 2.05) is 0 Å². The summed E-state index contributed by atoms with van der Waals surface area (Å²) < 4.78 is 18.2. The predicted molar refractivity (Wildman–Crippen MR) is 98.6 cm³/mol. The highest BCUT2D eigenvalue weighted by molar-refractivity contribution is 5.97. The van der Waals surface area contributed by atoms with Crippen LogP contribution in [0.25, 0.3) is 0 Å². The van der Waals surface area contributed by atoms with Gasteiger partial charge in [-0.2, -0.15) is 0 Å². The Morgan fingerprint density at radius 1 is 1.22 bits per heavy atom. The van der Waals surface area contributed by atoms with E-state index in [0.717, 1.165) is 5.56 Å². The number of halogens is 1. The molecule has 0 atom stereocenters. The first-order chi connectivity index (χ1) is 13.0. The van der Waals surface area contributed by atoms with Gasteiger partial charge < -0.3 is 10.1 Å². The van der Waals surface area contributed by atoms with Crippen molar-refractivity contribution >= 4 is 23.2 Å². The van der Waals surface area contributed by atoms with E-state index in [2.05, 4.69) is 15.8 Å². The van der Waals surface area contributed by atoms with E-state index in [1.54, 1.807) is 31.2 Å². The van der Waals surface area contributed by atoms with Crippen molar-refractivity contribution in [2.24, 2.45) is 5.10 Å². The van der Waals surface area contributed by atoms with Crippen molar-refractivity contribution in [1.82, 2.24) is 5.32 Å². The summed E-state index contributed by atoms with van der Waals surface area (Å²) in [5.74, 6) is -0.611. The second-order valence-corrected chi connectivity index (χ2v) is 5.40. The summed E-state index contributed by atoms with van der Waals surface area (Å²) in [7, 11) is 0. The maximum Gasteiger partial charge on any atom is 0.294 e. The zero-order chi connectivity index (χ0) is 19.6. The number of hydrogen-bond donors (Lipinski definition) is 2. The molecule has 0 aliphatic heterocycles. The Balaban J connectivity index is 1.97. The van der Waals surface area contributed by atoms with Crippen LogP contribution in [0.4, 0.5) is 15.8 Å². The fourth-order valence-corrected chi connectivity index (χ4v) is 2.14. The quantitative estimate of drug-likeness (QED) is 0.319. The number of carbonyl (C=O) groups is 1. The number of rotatable bonds is 8. The summed E-state index contributed by atoms with van der Waals surface area (Å²) in [5, 5.41) is 17.6. The Labute approximate surface area is 155 Å².